The number of hydrogen-bond acceptors (Lipinski definition) is 9. The molecule has 216 valence electrons. The van der Waals surface area contributed by atoms with Crippen LogP contribution >= 0.6 is 0 Å². The Morgan fingerprint density at radius 1 is 1.00 bits per heavy atom. The van der Waals surface area contributed by atoms with Crippen molar-refractivity contribution in [1.29, 1.82) is 0 Å². The van der Waals surface area contributed by atoms with Crippen LogP contribution in [0.4, 0.5) is 26.3 Å². The lowest BCUT2D eigenvalue weighted by molar-refractivity contribution is -0.525. The SMILES string of the molecule is NC(=O)CN(CCC[NH3+])C(=O)[C@@H]([NH3+])CCCN=C(N)N[N+](=O)[O-].O=C([O-])C(F)(F)F.O=C([O-])C(F)(F)F. The molecule has 22 heteroatoms. The molecule has 37 heavy (non-hydrogen) atoms. The van der Waals surface area contributed by atoms with Gasteiger partial charge in [0.15, 0.2) is 11.1 Å². The summed E-state index contributed by atoms with van der Waals surface area (Å²) in [5, 5.41) is 26.9. The number of guanidine groups is 1. The van der Waals surface area contributed by atoms with E-state index in [2.05, 4.69) is 16.5 Å². The summed E-state index contributed by atoms with van der Waals surface area (Å²) >= 11 is 0. The molecule has 0 spiro atoms. The quantitative estimate of drug-likeness (QED) is 0.0398. The van der Waals surface area contributed by atoms with Crippen molar-refractivity contribution in [1.82, 2.24) is 10.3 Å². The molecule has 0 aromatic carbocycles. The van der Waals surface area contributed by atoms with Crippen LogP contribution in [-0.2, 0) is 19.2 Å². The second kappa shape index (κ2) is 18.3. The van der Waals surface area contributed by atoms with Crippen molar-refractivity contribution in [3.8, 4) is 0 Å². The van der Waals surface area contributed by atoms with Crippen LogP contribution in [0.5, 0.6) is 0 Å². The minimum Gasteiger partial charge on any atom is -0.542 e. The number of nitro groups is 1. The minimum atomic E-state index is -5.19. The molecule has 0 fully saturated rings. The second-order valence-corrected chi connectivity index (χ2v) is 6.48. The molecule has 0 bridgehead atoms. The van der Waals surface area contributed by atoms with Crippen molar-refractivity contribution in [3.05, 3.63) is 10.1 Å². The molecule has 16 nitrogen and oxygen atoms in total. The first-order valence-electron chi connectivity index (χ1n) is 9.63. The van der Waals surface area contributed by atoms with E-state index >= 15 is 0 Å². The number of carboxylic acid groups (broad SMARTS) is 2. The number of quaternary nitrogens is 2. The number of carboxylic acids is 2. The van der Waals surface area contributed by atoms with Gasteiger partial charge < -0.3 is 47.6 Å². The molecule has 0 unspecified atom stereocenters. The standard InChI is InChI=1S/C11H24N8O4.2C2HF3O2/c12-4-2-6-18(7-9(14)20)10(21)8(13)3-1-5-16-11(15)17-19(22)23;2*3-2(4,5)1(6)7/h8H,1-7,12-13H2,(H2,14,20)(H3,15,16,17);2*(H,6,7)/t8-;;/m0../s1. The molecule has 0 aliphatic carbocycles. The zero-order valence-corrected chi connectivity index (χ0v) is 19.0. The maximum atomic E-state index is 12.2. The number of primary amides is 1. The predicted octanol–water partition coefficient (Wildman–Crippen LogP) is -5.98. The summed E-state index contributed by atoms with van der Waals surface area (Å²) in [5.41, 5.74) is 19.6. The number of rotatable bonds is 11. The van der Waals surface area contributed by atoms with E-state index in [0.29, 0.717) is 32.4 Å². The van der Waals surface area contributed by atoms with E-state index in [9.17, 15) is 46.0 Å². The highest BCUT2D eigenvalue weighted by Crippen LogP contribution is 2.12. The van der Waals surface area contributed by atoms with Gasteiger partial charge in [0.1, 0.15) is 11.9 Å². The summed E-state index contributed by atoms with van der Waals surface area (Å²) < 4.78 is 63.1. The van der Waals surface area contributed by atoms with Crippen molar-refractivity contribution >= 4 is 29.7 Å². The van der Waals surface area contributed by atoms with Gasteiger partial charge in [-0.3, -0.25) is 9.59 Å². The number of carbonyl (C=O) groups excluding carboxylic acids is 4. The Morgan fingerprint density at radius 2 is 1.43 bits per heavy atom. The number of carbonyl (C=O) groups is 4. The maximum absolute atomic E-state index is 12.2. The highest BCUT2D eigenvalue weighted by molar-refractivity contribution is 5.86. The Labute approximate surface area is 203 Å². The molecular weight excluding hydrogens is 534 g/mol. The third-order valence-corrected chi connectivity index (χ3v) is 3.35. The molecule has 0 radical (unpaired) electrons. The Bertz CT molecular complexity index is 770. The highest BCUT2D eigenvalue weighted by Gasteiger charge is 2.29. The van der Waals surface area contributed by atoms with E-state index in [4.69, 9.17) is 31.3 Å². The van der Waals surface area contributed by atoms with Gasteiger partial charge in [-0.1, -0.05) is 5.43 Å². The summed E-state index contributed by atoms with van der Waals surface area (Å²) in [5.74, 6) is -7.16. The number of hydrogen-bond donors (Lipinski definition) is 5. The molecule has 0 saturated carbocycles. The maximum Gasteiger partial charge on any atom is 0.430 e. The number of aliphatic imine (C=N–C) groups is 1. The van der Waals surface area contributed by atoms with Crippen LogP contribution in [0.25, 0.3) is 0 Å². The fourth-order valence-electron chi connectivity index (χ4n) is 1.81. The Balaban J connectivity index is -0.000000670. The van der Waals surface area contributed by atoms with Crippen molar-refractivity contribution in [2.75, 3.05) is 26.2 Å². The molecular formula is C15H26F6N8O8. The van der Waals surface area contributed by atoms with Crippen LogP contribution in [0, 0.1) is 10.1 Å². The van der Waals surface area contributed by atoms with Crippen molar-refractivity contribution in [2.45, 2.75) is 37.7 Å². The number of nitrogens with two attached hydrogens (primary N) is 2. The number of halogens is 6. The minimum absolute atomic E-state index is 0.150. The molecule has 0 saturated heterocycles. The van der Waals surface area contributed by atoms with Gasteiger partial charge in [0.25, 0.3) is 11.9 Å². The number of aliphatic carboxylic acids is 2. The average molecular weight is 560 g/mol. The first-order valence-corrected chi connectivity index (χ1v) is 9.63. The molecule has 0 aliphatic heterocycles. The Hall–Kier alpha value is -3.95. The van der Waals surface area contributed by atoms with Crippen molar-refractivity contribution < 1.29 is 72.2 Å². The number of alkyl halides is 6. The lowest BCUT2D eigenvalue weighted by Crippen LogP contribution is -2.68. The average Bonchev–Trinajstić information content (AvgIpc) is 2.72. The summed E-state index contributed by atoms with van der Waals surface area (Å²) in [6.07, 6.45) is -8.84. The van der Waals surface area contributed by atoms with E-state index < -0.39 is 41.3 Å². The van der Waals surface area contributed by atoms with Gasteiger partial charge in [-0.25, -0.2) is 15.1 Å². The molecule has 11 N–H and O–H groups in total. The van der Waals surface area contributed by atoms with Crippen molar-refractivity contribution in [2.24, 2.45) is 16.5 Å². The fourth-order valence-corrected chi connectivity index (χ4v) is 1.81. The van der Waals surface area contributed by atoms with Crippen LogP contribution in [0.2, 0.25) is 0 Å². The smallest absolute Gasteiger partial charge is 0.430 e. The zero-order chi connectivity index (χ0) is 30.0. The lowest BCUT2D eigenvalue weighted by atomic mass is 10.1. The molecule has 0 rings (SSSR count). The van der Waals surface area contributed by atoms with Gasteiger partial charge in [-0.2, -0.15) is 26.3 Å². The Morgan fingerprint density at radius 3 is 1.76 bits per heavy atom. The molecule has 0 aliphatic rings. The van der Waals surface area contributed by atoms with E-state index in [-0.39, 0.29) is 25.0 Å². The molecule has 0 aromatic heterocycles. The number of hydrazine groups is 1. The van der Waals surface area contributed by atoms with Crippen LogP contribution in [0.1, 0.15) is 19.3 Å². The summed E-state index contributed by atoms with van der Waals surface area (Å²) in [7, 11) is 0. The largest absolute Gasteiger partial charge is 0.542 e. The topological polar surface area (TPSA) is 292 Å². The Kier molecular flexibility index (Phi) is 18.6. The number of nitrogens with one attached hydrogen (secondary N) is 1. The third kappa shape index (κ3) is 23.6. The summed E-state index contributed by atoms with van der Waals surface area (Å²) in [6.45, 7) is 1.11. The fraction of sp³-hybridized carbons (Fsp3) is 0.667. The molecule has 0 aromatic rings. The van der Waals surface area contributed by atoms with Gasteiger partial charge in [-0.05, 0) is 6.42 Å². The first-order chi connectivity index (χ1) is 16.7. The van der Waals surface area contributed by atoms with Crippen LogP contribution in [-0.4, -0.2) is 84.2 Å². The lowest BCUT2D eigenvalue weighted by Gasteiger charge is -2.22. The first kappa shape index (κ1) is 37.6. The van der Waals surface area contributed by atoms with E-state index in [1.807, 2.05) is 0 Å². The van der Waals surface area contributed by atoms with Gasteiger partial charge >= 0.3 is 12.4 Å². The molecule has 1 atom stereocenters. The van der Waals surface area contributed by atoms with Gasteiger partial charge in [-0.15, -0.1) is 0 Å². The van der Waals surface area contributed by atoms with Gasteiger partial charge in [0.2, 0.25) is 5.91 Å². The van der Waals surface area contributed by atoms with E-state index in [0.717, 1.165) is 0 Å². The zero-order valence-electron chi connectivity index (χ0n) is 19.0. The molecule has 0 heterocycles. The predicted molar refractivity (Wildman–Crippen MR) is 103 cm³/mol. The monoisotopic (exact) mass is 560 g/mol. The highest BCUT2D eigenvalue weighted by atomic mass is 19.4. The van der Waals surface area contributed by atoms with E-state index in [1.165, 1.54) is 4.90 Å². The summed E-state index contributed by atoms with van der Waals surface area (Å²) in [6, 6.07) is -0.556. The normalized spacial score (nSPS) is 12.1. The third-order valence-electron chi connectivity index (χ3n) is 3.35. The second-order valence-electron chi connectivity index (χ2n) is 6.48. The number of nitrogens with zero attached hydrogens (tertiary/aromatic N) is 3. The van der Waals surface area contributed by atoms with Crippen LogP contribution in [0.3, 0.4) is 0 Å². The number of amides is 2. The summed E-state index contributed by atoms with van der Waals surface area (Å²) in [4.78, 5) is 56.1. The van der Waals surface area contributed by atoms with E-state index in [1.54, 1.807) is 5.43 Å². The van der Waals surface area contributed by atoms with Crippen molar-refractivity contribution in [3.63, 3.8) is 0 Å². The van der Waals surface area contributed by atoms with Gasteiger partial charge in [0.05, 0.1) is 13.1 Å². The molecule has 2 amide bonds. The van der Waals surface area contributed by atoms with Gasteiger partial charge in [0, 0.05) is 25.9 Å². The van der Waals surface area contributed by atoms with Crippen LogP contribution < -0.4 is 38.6 Å². The van der Waals surface area contributed by atoms with Crippen LogP contribution in [0.15, 0.2) is 4.99 Å².